The average Bonchev–Trinajstić information content (AvgIpc) is 2.54. The third-order valence-corrected chi connectivity index (χ3v) is 12.7. The van der Waals surface area contributed by atoms with Gasteiger partial charge in [0, 0.05) is 6.92 Å². The van der Waals surface area contributed by atoms with Gasteiger partial charge in [-0.2, -0.15) is 0 Å². The van der Waals surface area contributed by atoms with Gasteiger partial charge in [-0.1, -0.05) is 93.4 Å². The van der Waals surface area contributed by atoms with Crippen LogP contribution in [0.1, 0.15) is 98.4 Å². The van der Waals surface area contributed by atoms with Gasteiger partial charge in [-0.25, -0.2) is 0 Å². The van der Waals surface area contributed by atoms with Crippen LogP contribution in [-0.2, 0) is 15.6 Å². The Hall–Kier alpha value is -1.29. The summed E-state index contributed by atoms with van der Waals surface area (Å²) in [6, 6.07) is 8.39. The summed E-state index contributed by atoms with van der Waals surface area (Å²) in [6.07, 6.45) is 0. The molecule has 0 spiro atoms. The number of hydrogen-bond acceptors (Lipinski definition) is 2. The topological polar surface area (TPSA) is 57.5 Å². The van der Waals surface area contributed by atoms with E-state index in [-0.39, 0.29) is 10.8 Å². The van der Waals surface area contributed by atoms with Crippen molar-refractivity contribution in [2.75, 3.05) is 0 Å². The second-order valence-corrected chi connectivity index (χ2v) is 15.8. The smallest absolute Gasteiger partial charge is 0.300 e. The zero-order valence-electron chi connectivity index (χ0n) is 20.2. The molecule has 0 aromatic heterocycles. The van der Waals surface area contributed by atoms with Crippen molar-refractivity contribution in [3.8, 4) is 5.75 Å². The summed E-state index contributed by atoms with van der Waals surface area (Å²) in [5.41, 5.74) is 4.53. The molecule has 0 saturated carbocycles. The molecular weight excluding hydrogens is 364 g/mol. The third kappa shape index (κ3) is 6.65. The van der Waals surface area contributed by atoms with Gasteiger partial charge in [0.1, 0.15) is 5.75 Å². The van der Waals surface area contributed by atoms with Crippen LogP contribution in [0.25, 0.3) is 0 Å². The monoisotopic (exact) mass is 408 g/mol. The second kappa shape index (κ2) is 9.95. The number of aliphatic carboxylic acids is 1. The van der Waals surface area contributed by atoms with E-state index in [2.05, 4.69) is 81.4 Å². The number of carboxylic acids is 1. The van der Waals surface area contributed by atoms with E-state index >= 15 is 0 Å². The van der Waals surface area contributed by atoms with Gasteiger partial charge in [-0.15, -0.1) is 0 Å². The number of carbonyl (C=O) groups is 1. The number of phenolic OH excluding ortho intramolecular Hbond substituents is 1. The van der Waals surface area contributed by atoms with Crippen LogP contribution in [0.3, 0.4) is 0 Å². The zero-order chi connectivity index (χ0) is 22.5. The van der Waals surface area contributed by atoms with E-state index in [0.717, 1.165) is 12.5 Å². The standard InChI is InChI=1S/C22H40OSi.C2H4O2/c1-11-24(12-2,13-3)16(4)17-14-19(22(8,9)10)20(23)15-18(17)21(5,6)7;1-2(3)4/h14-16,23H,11-13H2,1-10H3;1H3,(H,3,4). The van der Waals surface area contributed by atoms with E-state index in [1.54, 1.807) is 0 Å². The van der Waals surface area contributed by atoms with E-state index < -0.39 is 14.0 Å². The maximum absolute atomic E-state index is 10.7. The minimum absolute atomic E-state index is 0.0379. The van der Waals surface area contributed by atoms with Gasteiger partial charge in [0.15, 0.2) is 0 Å². The molecule has 0 fully saturated rings. The molecule has 0 aliphatic heterocycles. The van der Waals surface area contributed by atoms with E-state index in [0.29, 0.717) is 11.3 Å². The van der Waals surface area contributed by atoms with Crippen molar-refractivity contribution >= 4 is 14.0 Å². The van der Waals surface area contributed by atoms with Crippen molar-refractivity contribution in [2.45, 2.75) is 111 Å². The van der Waals surface area contributed by atoms with Crippen LogP contribution in [0.4, 0.5) is 0 Å². The molecule has 1 aromatic rings. The van der Waals surface area contributed by atoms with Crippen LogP contribution in [0.15, 0.2) is 12.1 Å². The quantitative estimate of drug-likeness (QED) is 0.505. The molecule has 1 aromatic carbocycles. The highest BCUT2D eigenvalue weighted by Crippen LogP contribution is 2.44. The molecule has 4 heteroatoms. The molecular formula is C24H44O3Si. The predicted molar refractivity (Wildman–Crippen MR) is 124 cm³/mol. The van der Waals surface area contributed by atoms with Gasteiger partial charge >= 0.3 is 0 Å². The van der Waals surface area contributed by atoms with Crippen LogP contribution in [0.2, 0.25) is 18.1 Å². The third-order valence-electron chi connectivity index (χ3n) is 6.28. The lowest BCUT2D eigenvalue weighted by molar-refractivity contribution is -0.134. The molecule has 2 N–H and O–H groups in total. The van der Waals surface area contributed by atoms with Crippen molar-refractivity contribution in [2.24, 2.45) is 0 Å². The molecule has 3 nitrogen and oxygen atoms in total. The maximum Gasteiger partial charge on any atom is 0.300 e. The predicted octanol–water partition coefficient (Wildman–Crippen LogP) is 7.23. The molecule has 162 valence electrons. The lowest BCUT2D eigenvalue weighted by Crippen LogP contribution is -2.39. The average molecular weight is 409 g/mol. The molecule has 0 heterocycles. The van der Waals surface area contributed by atoms with E-state index in [1.807, 2.05) is 0 Å². The zero-order valence-corrected chi connectivity index (χ0v) is 21.2. The molecule has 1 atom stereocenters. The summed E-state index contributed by atoms with van der Waals surface area (Å²) in [7, 11) is -1.35. The first-order valence-corrected chi connectivity index (χ1v) is 13.3. The highest BCUT2D eigenvalue weighted by atomic mass is 28.3. The summed E-state index contributed by atoms with van der Waals surface area (Å²) in [5.74, 6) is -0.375. The van der Waals surface area contributed by atoms with Crippen molar-refractivity contribution in [1.82, 2.24) is 0 Å². The minimum atomic E-state index is -1.35. The highest BCUT2D eigenvalue weighted by molar-refractivity contribution is 6.80. The van der Waals surface area contributed by atoms with Gasteiger partial charge in [0.2, 0.25) is 0 Å². The molecule has 0 amide bonds. The van der Waals surface area contributed by atoms with Gasteiger partial charge in [-0.05, 0) is 39.1 Å². The molecule has 28 heavy (non-hydrogen) atoms. The van der Waals surface area contributed by atoms with Crippen molar-refractivity contribution in [1.29, 1.82) is 0 Å². The minimum Gasteiger partial charge on any atom is -0.508 e. The summed E-state index contributed by atoms with van der Waals surface area (Å²) in [4.78, 5) is 9.00. The van der Waals surface area contributed by atoms with E-state index in [9.17, 15) is 5.11 Å². The Kier molecular flexibility index (Phi) is 9.49. The number of hydrogen-bond donors (Lipinski definition) is 2. The Bertz CT molecular complexity index is 635. The second-order valence-electron chi connectivity index (χ2n) is 10.1. The number of carboxylic acid groups (broad SMARTS) is 1. The fourth-order valence-electron chi connectivity index (χ4n) is 4.21. The van der Waals surface area contributed by atoms with Crippen molar-refractivity contribution in [3.05, 3.63) is 28.8 Å². The Morgan fingerprint density at radius 3 is 1.57 bits per heavy atom. The first kappa shape index (κ1) is 26.7. The summed E-state index contributed by atoms with van der Waals surface area (Å²) < 4.78 is 0. The van der Waals surface area contributed by atoms with Crippen LogP contribution < -0.4 is 0 Å². The number of phenols is 1. The lowest BCUT2D eigenvalue weighted by atomic mass is 9.78. The van der Waals surface area contributed by atoms with Gasteiger partial charge in [0.05, 0.1) is 8.07 Å². The Morgan fingerprint density at radius 1 is 0.929 bits per heavy atom. The summed E-state index contributed by atoms with van der Waals surface area (Å²) in [6.45, 7) is 24.1. The van der Waals surface area contributed by atoms with Crippen molar-refractivity contribution < 1.29 is 15.0 Å². The molecule has 0 radical (unpaired) electrons. The SMILES string of the molecule is CC(=O)O.CC[Si](CC)(CC)C(C)c1cc(C(C)(C)C)c(O)cc1C(C)(C)C. The fourth-order valence-corrected chi connectivity index (χ4v) is 8.45. The van der Waals surface area contributed by atoms with Crippen LogP contribution in [-0.4, -0.2) is 24.3 Å². The normalized spacial score (nSPS) is 13.5. The summed E-state index contributed by atoms with van der Waals surface area (Å²) in [5, 5.41) is 18.1. The molecule has 0 aliphatic rings. The molecule has 0 saturated heterocycles. The highest BCUT2D eigenvalue weighted by Gasteiger charge is 2.37. The molecule has 1 unspecified atom stereocenters. The van der Waals surface area contributed by atoms with Crippen molar-refractivity contribution in [3.63, 3.8) is 0 Å². The summed E-state index contributed by atoms with van der Waals surface area (Å²) >= 11 is 0. The number of aromatic hydroxyl groups is 1. The lowest BCUT2D eigenvalue weighted by Gasteiger charge is -2.39. The van der Waals surface area contributed by atoms with Crippen LogP contribution >= 0.6 is 0 Å². The maximum atomic E-state index is 10.7. The van der Waals surface area contributed by atoms with Crippen LogP contribution in [0.5, 0.6) is 5.75 Å². The Morgan fingerprint density at radius 2 is 1.29 bits per heavy atom. The molecule has 0 aliphatic carbocycles. The first-order chi connectivity index (χ1) is 12.6. The Labute approximate surface area is 174 Å². The molecule has 0 bridgehead atoms. The van der Waals surface area contributed by atoms with Gasteiger partial charge < -0.3 is 10.2 Å². The Balaban J connectivity index is 0.00000165. The van der Waals surface area contributed by atoms with Crippen LogP contribution in [0, 0.1) is 0 Å². The first-order valence-electron chi connectivity index (χ1n) is 10.6. The fraction of sp³-hybridized carbons (Fsp3) is 0.708. The molecule has 1 rings (SSSR count). The number of benzene rings is 1. The van der Waals surface area contributed by atoms with E-state index in [1.165, 1.54) is 29.3 Å². The number of rotatable bonds is 5. The van der Waals surface area contributed by atoms with E-state index in [4.69, 9.17) is 9.90 Å². The van der Waals surface area contributed by atoms with Gasteiger partial charge in [-0.3, -0.25) is 4.79 Å². The largest absolute Gasteiger partial charge is 0.508 e. The van der Waals surface area contributed by atoms with Gasteiger partial charge in [0.25, 0.3) is 5.97 Å².